The zero-order valence-corrected chi connectivity index (χ0v) is 8.44. The minimum Gasteiger partial charge on any atom is -0.389 e. The van der Waals surface area contributed by atoms with Crippen molar-refractivity contribution in [1.82, 2.24) is 0 Å². The van der Waals surface area contributed by atoms with Crippen LogP contribution in [0.1, 0.15) is 6.92 Å². The third kappa shape index (κ3) is 4.25. The zero-order valence-electron chi connectivity index (χ0n) is 8.44. The molecule has 0 heterocycles. The van der Waals surface area contributed by atoms with Gasteiger partial charge in [0.2, 0.25) is 0 Å². The molecule has 0 aliphatic rings. The summed E-state index contributed by atoms with van der Waals surface area (Å²) < 4.78 is 5.09. The fourth-order valence-corrected chi connectivity index (χ4v) is 1.10. The summed E-state index contributed by atoms with van der Waals surface area (Å²) in [7, 11) is 0. The Morgan fingerprint density at radius 2 is 2.07 bits per heavy atom. The smallest absolute Gasteiger partial charge is 0.0945 e. The first-order valence-corrected chi connectivity index (χ1v) is 4.87. The number of aliphatic hydroxyl groups excluding tert-OH is 1. The summed E-state index contributed by atoms with van der Waals surface area (Å²) in [4.78, 5) is 0. The van der Waals surface area contributed by atoms with Gasteiger partial charge in [0.25, 0.3) is 0 Å². The lowest BCUT2D eigenvalue weighted by molar-refractivity contribution is 0.0496. The zero-order chi connectivity index (χ0) is 10.2. The molecule has 14 heavy (non-hydrogen) atoms. The highest BCUT2D eigenvalue weighted by molar-refractivity contribution is 5.42. The number of anilines is 1. The first-order chi connectivity index (χ1) is 6.83. The molecule has 1 aromatic rings. The van der Waals surface area contributed by atoms with Gasteiger partial charge >= 0.3 is 0 Å². The number of ether oxygens (including phenoxy) is 1. The standard InChI is InChI=1S/C11H17NO2/c1-2-14-9-11(13)8-12-10-6-4-3-5-7-10/h3-7,11-13H,2,8-9H2,1H3/t11-/m1/s1. The van der Waals surface area contributed by atoms with Gasteiger partial charge in [0.05, 0.1) is 12.7 Å². The van der Waals surface area contributed by atoms with E-state index in [9.17, 15) is 5.11 Å². The number of hydrogen-bond acceptors (Lipinski definition) is 3. The Kier molecular flexibility index (Phi) is 5.04. The van der Waals surface area contributed by atoms with Gasteiger partial charge in [0.1, 0.15) is 0 Å². The van der Waals surface area contributed by atoms with Crippen LogP contribution in [0.2, 0.25) is 0 Å². The van der Waals surface area contributed by atoms with Crippen LogP contribution in [0.4, 0.5) is 5.69 Å². The monoisotopic (exact) mass is 195 g/mol. The van der Waals surface area contributed by atoms with E-state index in [1.807, 2.05) is 37.3 Å². The Balaban J connectivity index is 2.20. The number of hydrogen-bond donors (Lipinski definition) is 2. The van der Waals surface area contributed by atoms with E-state index in [-0.39, 0.29) is 0 Å². The lowest BCUT2D eigenvalue weighted by atomic mass is 10.3. The molecule has 0 aliphatic carbocycles. The van der Waals surface area contributed by atoms with Crippen LogP contribution in [-0.2, 0) is 4.74 Å². The predicted octanol–water partition coefficient (Wildman–Crippen LogP) is 1.50. The number of benzene rings is 1. The molecule has 1 aromatic carbocycles. The van der Waals surface area contributed by atoms with Crippen LogP contribution in [-0.4, -0.2) is 31.0 Å². The SMILES string of the molecule is CCOC[C@H](O)CNc1ccccc1. The maximum Gasteiger partial charge on any atom is 0.0945 e. The molecule has 0 saturated heterocycles. The molecule has 0 bridgehead atoms. The van der Waals surface area contributed by atoms with Crippen LogP contribution in [0.15, 0.2) is 30.3 Å². The van der Waals surface area contributed by atoms with Crippen LogP contribution < -0.4 is 5.32 Å². The van der Waals surface area contributed by atoms with Crippen molar-refractivity contribution >= 4 is 5.69 Å². The van der Waals surface area contributed by atoms with Gasteiger partial charge in [-0.25, -0.2) is 0 Å². The molecule has 0 amide bonds. The van der Waals surface area contributed by atoms with Crippen LogP contribution >= 0.6 is 0 Å². The van der Waals surface area contributed by atoms with E-state index in [2.05, 4.69) is 5.32 Å². The number of rotatable bonds is 6. The summed E-state index contributed by atoms with van der Waals surface area (Å²) in [5.74, 6) is 0. The summed E-state index contributed by atoms with van der Waals surface area (Å²) in [6.07, 6.45) is -0.449. The van der Waals surface area contributed by atoms with Gasteiger partial charge in [-0.15, -0.1) is 0 Å². The van der Waals surface area contributed by atoms with Gasteiger partial charge < -0.3 is 15.2 Å². The van der Waals surface area contributed by atoms with E-state index in [4.69, 9.17) is 4.74 Å². The quantitative estimate of drug-likeness (QED) is 0.722. The average molecular weight is 195 g/mol. The van der Waals surface area contributed by atoms with Gasteiger partial charge in [-0.05, 0) is 19.1 Å². The molecule has 2 N–H and O–H groups in total. The second-order valence-electron chi connectivity index (χ2n) is 3.06. The van der Waals surface area contributed by atoms with Crippen molar-refractivity contribution in [3.05, 3.63) is 30.3 Å². The fourth-order valence-electron chi connectivity index (χ4n) is 1.10. The maximum absolute atomic E-state index is 9.45. The Hall–Kier alpha value is -1.06. The normalized spacial score (nSPS) is 12.4. The van der Waals surface area contributed by atoms with Crippen molar-refractivity contribution < 1.29 is 9.84 Å². The van der Waals surface area contributed by atoms with Gasteiger partial charge in [-0.2, -0.15) is 0 Å². The summed E-state index contributed by atoms with van der Waals surface area (Å²) in [6, 6.07) is 9.80. The molecule has 0 unspecified atom stereocenters. The Morgan fingerprint density at radius 1 is 1.36 bits per heavy atom. The molecule has 0 saturated carbocycles. The van der Waals surface area contributed by atoms with Crippen LogP contribution in [0.25, 0.3) is 0 Å². The molecule has 3 heteroatoms. The van der Waals surface area contributed by atoms with Crippen LogP contribution in [0, 0.1) is 0 Å². The molecule has 1 rings (SSSR count). The van der Waals surface area contributed by atoms with Crippen LogP contribution in [0.3, 0.4) is 0 Å². The molecule has 0 radical (unpaired) electrons. The predicted molar refractivity (Wildman–Crippen MR) is 57.4 cm³/mol. The van der Waals surface area contributed by atoms with Crippen molar-refractivity contribution in [3.8, 4) is 0 Å². The Morgan fingerprint density at radius 3 is 2.71 bits per heavy atom. The molecule has 1 atom stereocenters. The summed E-state index contributed by atoms with van der Waals surface area (Å²) >= 11 is 0. The summed E-state index contributed by atoms with van der Waals surface area (Å²) in [5.41, 5.74) is 1.02. The van der Waals surface area contributed by atoms with Gasteiger partial charge in [0.15, 0.2) is 0 Å². The van der Waals surface area contributed by atoms with Gasteiger partial charge in [0, 0.05) is 18.8 Å². The number of aliphatic hydroxyl groups is 1. The number of para-hydroxylation sites is 1. The van der Waals surface area contributed by atoms with Crippen molar-refractivity contribution in [2.24, 2.45) is 0 Å². The molecule has 78 valence electrons. The van der Waals surface area contributed by atoms with Gasteiger partial charge in [-0.3, -0.25) is 0 Å². The van der Waals surface area contributed by atoms with Crippen molar-refractivity contribution in [2.45, 2.75) is 13.0 Å². The highest BCUT2D eigenvalue weighted by Gasteiger charge is 2.02. The Bertz CT molecular complexity index is 238. The lowest BCUT2D eigenvalue weighted by Gasteiger charge is -2.12. The maximum atomic E-state index is 9.45. The molecule has 0 aliphatic heterocycles. The first kappa shape index (κ1) is 11.0. The van der Waals surface area contributed by atoms with E-state index in [0.717, 1.165) is 5.69 Å². The average Bonchev–Trinajstić information content (AvgIpc) is 2.25. The van der Waals surface area contributed by atoms with E-state index in [1.54, 1.807) is 0 Å². The third-order valence-electron chi connectivity index (χ3n) is 1.83. The molecule has 0 aromatic heterocycles. The minimum atomic E-state index is -0.449. The Labute approximate surface area is 84.7 Å². The topological polar surface area (TPSA) is 41.5 Å². The van der Waals surface area contributed by atoms with E-state index >= 15 is 0 Å². The second-order valence-corrected chi connectivity index (χ2v) is 3.06. The molecular weight excluding hydrogens is 178 g/mol. The molecule has 0 fully saturated rings. The van der Waals surface area contributed by atoms with E-state index in [0.29, 0.717) is 19.8 Å². The third-order valence-corrected chi connectivity index (χ3v) is 1.83. The van der Waals surface area contributed by atoms with Gasteiger partial charge in [-0.1, -0.05) is 18.2 Å². The highest BCUT2D eigenvalue weighted by Crippen LogP contribution is 2.04. The van der Waals surface area contributed by atoms with Crippen LogP contribution in [0.5, 0.6) is 0 Å². The summed E-state index contributed by atoms with van der Waals surface area (Å²) in [5, 5.41) is 12.6. The summed E-state index contributed by atoms with van der Waals surface area (Å²) in [6.45, 7) is 3.46. The second kappa shape index (κ2) is 6.40. The minimum absolute atomic E-state index is 0.385. The van der Waals surface area contributed by atoms with Crippen molar-refractivity contribution in [3.63, 3.8) is 0 Å². The lowest BCUT2D eigenvalue weighted by Crippen LogP contribution is -2.24. The van der Waals surface area contributed by atoms with Crippen molar-refractivity contribution in [1.29, 1.82) is 0 Å². The fraction of sp³-hybridized carbons (Fsp3) is 0.455. The van der Waals surface area contributed by atoms with Crippen molar-refractivity contribution in [2.75, 3.05) is 25.1 Å². The molecule has 0 spiro atoms. The highest BCUT2D eigenvalue weighted by atomic mass is 16.5. The van der Waals surface area contributed by atoms with E-state index < -0.39 is 6.10 Å². The largest absolute Gasteiger partial charge is 0.389 e. The van der Waals surface area contributed by atoms with E-state index in [1.165, 1.54) is 0 Å². The molecular formula is C11H17NO2. The number of nitrogens with one attached hydrogen (secondary N) is 1. The first-order valence-electron chi connectivity index (χ1n) is 4.87. The molecule has 3 nitrogen and oxygen atoms in total.